The van der Waals surface area contributed by atoms with Gasteiger partial charge < -0.3 is 19.5 Å². The molecule has 1 spiro atoms. The molecule has 300 valence electrons. The first-order valence-corrected chi connectivity index (χ1v) is 23.3. The van der Waals surface area contributed by atoms with Crippen molar-refractivity contribution in [3.8, 4) is 11.4 Å². The van der Waals surface area contributed by atoms with E-state index in [1.165, 1.54) is 5.19 Å². The molecule has 4 heterocycles. The highest BCUT2D eigenvalue weighted by Crippen LogP contribution is 2.60. The Kier molecular flexibility index (Phi) is 9.94. The molecular formula is C47H48N6O5Si. The maximum Gasteiger partial charge on any atom is 0.279 e. The summed E-state index contributed by atoms with van der Waals surface area (Å²) in [7, 11) is -0.704. The molecule has 0 radical (unpaired) electrons. The molecule has 1 fully saturated rings. The van der Waals surface area contributed by atoms with Gasteiger partial charge in [0.25, 0.3) is 11.5 Å². The average Bonchev–Trinajstić information content (AvgIpc) is 4.01. The van der Waals surface area contributed by atoms with Crippen molar-refractivity contribution in [1.82, 2.24) is 24.8 Å². The van der Waals surface area contributed by atoms with E-state index in [1.807, 2.05) is 131 Å². The number of carbonyl (C=O) groups is 1. The quantitative estimate of drug-likeness (QED) is 0.129. The van der Waals surface area contributed by atoms with E-state index in [1.54, 1.807) is 11.8 Å². The van der Waals surface area contributed by atoms with Gasteiger partial charge in [0.15, 0.2) is 5.60 Å². The molecule has 9 rings (SSSR count). The molecule has 59 heavy (non-hydrogen) atoms. The zero-order chi connectivity index (χ0) is 40.9. The lowest BCUT2D eigenvalue weighted by Gasteiger charge is -2.37. The fourth-order valence-electron chi connectivity index (χ4n) is 9.81. The fraction of sp³-hybridized carbons (Fsp3) is 0.277. The lowest BCUT2D eigenvalue weighted by atomic mass is 9.82. The normalized spacial score (nSPS) is 20.7. The number of hydrogen-bond donors (Lipinski definition) is 2. The Morgan fingerprint density at radius 3 is 2.42 bits per heavy atom. The van der Waals surface area contributed by atoms with Crippen LogP contribution in [0.5, 0.6) is 5.75 Å². The molecule has 12 heteroatoms. The molecular weight excluding hydrogens is 757 g/mol. The number of aromatic nitrogens is 5. The lowest BCUT2D eigenvalue weighted by Crippen LogP contribution is -2.51. The molecule has 1 amide bonds. The van der Waals surface area contributed by atoms with Crippen molar-refractivity contribution < 1.29 is 19.4 Å². The van der Waals surface area contributed by atoms with Crippen LogP contribution in [0.2, 0.25) is 18.6 Å². The predicted molar refractivity (Wildman–Crippen MR) is 231 cm³/mol. The van der Waals surface area contributed by atoms with Gasteiger partial charge in [-0.25, -0.2) is 4.68 Å². The smallest absolute Gasteiger partial charge is 0.279 e. The third-order valence-corrected chi connectivity index (χ3v) is 17.1. The minimum Gasteiger partial charge on any atom is -0.497 e. The van der Waals surface area contributed by atoms with Crippen molar-refractivity contribution in [2.24, 2.45) is 5.92 Å². The van der Waals surface area contributed by atoms with Crippen molar-refractivity contribution in [3.05, 3.63) is 166 Å². The molecule has 2 N–H and O–H groups in total. The zero-order valence-corrected chi connectivity index (χ0v) is 34.7. The van der Waals surface area contributed by atoms with Gasteiger partial charge in [-0.2, -0.15) is 0 Å². The molecule has 11 nitrogen and oxygen atoms in total. The number of aliphatic hydroxyl groups is 1. The van der Waals surface area contributed by atoms with Crippen molar-refractivity contribution in [1.29, 1.82) is 0 Å². The second-order valence-electron chi connectivity index (χ2n) is 16.4. The van der Waals surface area contributed by atoms with Crippen LogP contribution in [0, 0.1) is 5.92 Å². The summed E-state index contributed by atoms with van der Waals surface area (Å²) in [5.74, 6) is 0.264. The number of aryl methyl sites for hydroxylation is 1. The third kappa shape index (κ3) is 6.51. The van der Waals surface area contributed by atoms with Crippen molar-refractivity contribution in [2.45, 2.75) is 62.7 Å². The number of amides is 1. The van der Waals surface area contributed by atoms with Crippen molar-refractivity contribution in [3.63, 3.8) is 0 Å². The highest BCUT2D eigenvalue weighted by molar-refractivity contribution is 6.91. The molecule has 5 atom stereocenters. The van der Waals surface area contributed by atoms with Gasteiger partial charge in [-0.05, 0) is 65.6 Å². The number of carbonyl (C=O) groups excluding carboxylic acids is 1. The Morgan fingerprint density at radius 2 is 1.66 bits per heavy atom. The van der Waals surface area contributed by atoms with Gasteiger partial charge in [0.1, 0.15) is 5.75 Å². The number of nitrogens with one attached hydrogen (secondary N) is 1. The number of nitrogens with zero attached hydrogens (tertiary/aromatic N) is 5. The van der Waals surface area contributed by atoms with E-state index >= 15 is 4.79 Å². The number of anilines is 1. The molecule has 2 aromatic heterocycles. The maximum absolute atomic E-state index is 15.4. The van der Waals surface area contributed by atoms with Crippen LogP contribution in [0.25, 0.3) is 16.6 Å². The maximum atomic E-state index is 15.4. The Hall–Kier alpha value is -6.08. The molecule has 1 unspecified atom stereocenters. The van der Waals surface area contributed by atoms with Crippen LogP contribution in [-0.4, -0.2) is 63.7 Å². The minimum absolute atomic E-state index is 0.0440. The SMILES string of the molecule is COc1ccc([Si](C)(C)[C@H]2[C@H](CCn3cc(C(CO)c4ccccc4)nn3)O[C@@]3(C(=O)N(Cc4cccc(-n5[nH]c6ccccc6c5=O)c4)c4ccccc43)[C@@H]2C)cc1. The standard InChI is InChI=1S/C47H48N6O5Si/c1-31-44(59(3,4)36-23-21-35(57-2)22-24-36)43(25-26-51-29-41(48-50-51)38(30-54)33-14-6-5-7-15-33)58-47(31)39-18-9-11-20-42(39)52(46(47)56)28-32-13-12-16-34(27-32)53-45(55)37-17-8-10-19-40(37)49-53/h5-24,27,29,31,38,43-44,49,54H,25-26,28,30H2,1-4H3/t31-,38?,43+,44-,47+/m1/s1. The minimum atomic E-state index is -2.38. The number of rotatable bonds is 12. The largest absolute Gasteiger partial charge is 0.497 e. The summed E-state index contributed by atoms with van der Waals surface area (Å²) in [5, 5.41) is 24.4. The van der Waals surface area contributed by atoms with E-state index in [-0.39, 0.29) is 41.6 Å². The van der Waals surface area contributed by atoms with Crippen LogP contribution < -0.4 is 20.4 Å². The first-order valence-electron chi connectivity index (χ1n) is 20.2. The van der Waals surface area contributed by atoms with Crippen LogP contribution in [0.1, 0.15) is 41.6 Å². The van der Waals surface area contributed by atoms with Crippen LogP contribution >= 0.6 is 0 Å². The van der Waals surface area contributed by atoms with Gasteiger partial charge in [0, 0.05) is 24.2 Å². The molecule has 1 saturated heterocycles. The number of aromatic amines is 1. The molecule has 2 aliphatic rings. The topological polar surface area (TPSA) is 127 Å². The summed E-state index contributed by atoms with van der Waals surface area (Å²) in [6, 6.07) is 41.5. The number of benzene rings is 5. The van der Waals surface area contributed by atoms with E-state index in [9.17, 15) is 9.90 Å². The van der Waals surface area contributed by atoms with Gasteiger partial charge in [-0.1, -0.05) is 115 Å². The number of ether oxygens (including phenoxy) is 2. The van der Waals surface area contributed by atoms with Gasteiger partial charge in [0.2, 0.25) is 0 Å². The summed E-state index contributed by atoms with van der Waals surface area (Å²) in [5.41, 5.74) is 4.44. The molecule has 0 bridgehead atoms. The third-order valence-electron chi connectivity index (χ3n) is 12.8. The Morgan fingerprint density at radius 1 is 0.915 bits per heavy atom. The monoisotopic (exact) mass is 804 g/mol. The first kappa shape index (κ1) is 38.4. The predicted octanol–water partition coefficient (Wildman–Crippen LogP) is 6.90. The Balaban J connectivity index is 1.06. The van der Waals surface area contributed by atoms with E-state index < -0.39 is 13.7 Å². The number of hydrogen-bond acceptors (Lipinski definition) is 7. The average molecular weight is 805 g/mol. The fourth-order valence-corrected chi connectivity index (χ4v) is 13.9. The van der Waals surface area contributed by atoms with Gasteiger partial charge in [-0.15, -0.1) is 5.10 Å². The first-order chi connectivity index (χ1) is 28.6. The van der Waals surface area contributed by atoms with Crippen LogP contribution in [0.4, 0.5) is 5.69 Å². The second kappa shape index (κ2) is 15.3. The zero-order valence-electron chi connectivity index (χ0n) is 33.7. The van der Waals surface area contributed by atoms with Gasteiger partial charge in [0.05, 0.1) is 68.3 Å². The van der Waals surface area contributed by atoms with Gasteiger partial charge in [-0.3, -0.25) is 19.4 Å². The molecule has 0 aliphatic carbocycles. The molecule has 2 aliphatic heterocycles. The van der Waals surface area contributed by atoms with Crippen molar-refractivity contribution >= 4 is 35.8 Å². The summed E-state index contributed by atoms with van der Waals surface area (Å²) >= 11 is 0. The summed E-state index contributed by atoms with van der Waals surface area (Å²) in [4.78, 5) is 30.6. The van der Waals surface area contributed by atoms with E-state index in [0.29, 0.717) is 36.3 Å². The molecule has 0 saturated carbocycles. The summed E-state index contributed by atoms with van der Waals surface area (Å²) < 4.78 is 16.3. The highest BCUT2D eigenvalue weighted by atomic mass is 28.3. The Labute approximate surface area is 343 Å². The van der Waals surface area contributed by atoms with E-state index in [4.69, 9.17) is 9.47 Å². The number of para-hydroxylation sites is 2. The summed E-state index contributed by atoms with van der Waals surface area (Å²) in [6.45, 7) is 7.71. The Bertz CT molecular complexity index is 2690. The lowest BCUT2D eigenvalue weighted by molar-refractivity contribution is -0.146. The van der Waals surface area contributed by atoms with Crippen LogP contribution in [-0.2, 0) is 28.2 Å². The van der Waals surface area contributed by atoms with Gasteiger partial charge >= 0.3 is 0 Å². The van der Waals surface area contributed by atoms with E-state index in [0.717, 1.165) is 33.6 Å². The molecule has 5 aromatic carbocycles. The van der Waals surface area contributed by atoms with Crippen LogP contribution in [0.3, 0.4) is 0 Å². The highest BCUT2D eigenvalue weighted by Gasteiger charge is 2.66. The second-order valence-corrected chi connectivity index (χ2v) is 21.1. The van der Waals surface area contributed by atoms with Crippen LogP contribution in [0.15, 0.2) is 138 Å². The number of aliphatic hydroxyl groups excluding tert-OH is 1. The van der Waals surface area contributed by atoms with Crippen molar-refractivity contribution in [2.75, 3.05) is 18.6 Å². The number of fused-ring (bicyclic) bond motifs is 3. The van der Waals surface area contributed by atoms with E-state index in [2.05, 4.69) is 47.6 Å². The molecule has 7 aromatic rings. The number of methoxy groups -OCH3 is 1. The number of H-pyrrole nitrogens is 1. The summed E-state index contributed by atoms with van der Waals surface area (Å²) in [6.07, 6.45) is 2.25.